The van der Waals surface area contributed by atoms with Crippen LogP contribution in [0.25, 0.3) is 0 Å². The van der Waals surface area contributed by atoms with Crippen molar-refractivity contribution in [1.82, 2.24) is 15.5 Å². The van der Waals surface area contributed by atoms with Crippen molar-refractivity contribution in [1.29, 1.82) is 0 Å². The van der Waals surface area contributed by atoms with Gasteiger partial charge in [-0.3, -0.25) is 9.89 Å². The summed E-state index contributed by atoms with van der Waals surface area (Å²) in [6.45, 7) is 5.20. The van der Waals surface area contributed by atoms with Gasteiger partial charge in [-0.1, -0.05) is 48.5 Å². The van der Waals surface area contributed by atoms with Gasteiger partial charge in [0.15, 0.2) is 5.96 Å². The number of benzene rings is 2. The van der Waals surface area contributed by atoms with E-state index in [-0.39, 0.29) is 24.0 Å². The van der Waals surface area contributed by atoms with E-state index in [1.54, 1.807) is 0 Å². The molecule has 2 N–H and O–H groups in total. The average molecular weight is 526 g/mol. The molecule has 0 spiro atoms. The van der Waals surface area contributed by atoms with E-state index in [4.69, 9.17) is 4.74 Å². The highest BCUT2D eigenvalue weighted by Crippen LogP contribution is 2.21. The minimum atomic E-state index is 0. The SMILES string of the molecule is CN=C(NCCSc1ccccc1)NCC(c1ccccc1)N1CCOCC1.I. The molecule has 0 bridgehead atoms. The summed E-state index contributed by atoms with van der Waals surface area (Å²) in [7, 11) is 1.83. The fourth-order valence-corrected chi connectivity index (χ4v) is 4.08. The molecule has 2 aromatic rings. The molecule has 5 nitrogen and oxygen atoms in total. The summed E-state index contributed by atoms with van der Waals surface area (Å²) in [5.41, 5.74) is 1.33. The normalized spacial score (nSPS) is 16.0. The van der Waals surface area contributed by atoms with Crippen LogP contribution in [-0.2, 0) is 4.74 Å². The Morgan fingerprint density at radius 3 is 2.34 bits per heavy atom. The van der Waals surface area contributed by atoms with Gasteiger partial charge in [0.25, 0.3) is 0 Å². The highest BCUT2D eigenvalue weighted by molar-refractivity contribution is 14.0. The lowest BCUT2D eigenvalue weighted by molar-refractivity contribution is 0.0170. The van der Waals surface area contributed by atoms with Crippen molar-refractivity contribution < 1.29 is 4.74 Å². The molecule has 2 aromatic carbocycles. The smallest absolute Gasteiger partial charge is 0.191 e. The Balaban J connectivity index is 0.00000300. The minimum absolute atomic E-state index is 0. The Kier molecular flexibility index (Phi) is 11.5. The molecule has 1 unspecified atom stereocenters. The second-order valence-corrected chi connectivity index (χ2v) is 7.78. The molecule has 1 fully saturated rings. The molecular formula is C22H31IN4OS. The first-order valence-corrected chi connectivity index (χ1v) is 10.8. The number of hydrogen-bond acceptors (Lipinski definition) is 4. The van der Waals surface area contributed by atoms with Gasteiger partial charge >= 0.3 is 0 Å². The van der Waals surface area contributed by atoms with Crippen LogP contribution < -0.4 is 10.6 Å². The second kappa shape index (κ2) is 13.8. The molecule has 0 saturated carbocycles. The number of halogens is 1. The fourth-order valence-electron chi connectivity index (χ4n) is 3.29. The maximum atomic E-state index is 5.53. The zero-order chi connectivity index (χ0) is 19.4. The molecule has 0 radical (unpaired) electrons. The van der Waals surface area contributed by atoms with Crippen molar-refractivity contribution in [2.45, 2.75) is 10.9 Å². The molecule has 7 heteroatoms. The van der Waals surface area contributed by atoms with Gasteiger partial charge < -0.3 is 15.4 Å². The first-order valence-electron chi connectivity index (χ1n) is 9.86. The Bertz CT molecular complexity index is 711. The van der Waals surface area contributed by atoms with Crippen LogP contribution in [0, 0.1) is 0 Å². The van der Waals surface area contributed by atoms with Crippen LogP contribution in [0.5, 0.6) is 0 Å². The Morgan fingerprint density at radius 2 is 1.69 bits per heavy atom. The number of morpholine rings is 1. The monoisotopic (exact) mass is 526 g/mol. The summed E-state index contributed by atoms with van der Waals surface area (Å²) in [5, 5.41) is 6.94. The maximum Gasteiger partial charge on any atom is 0.191 e. The zero-order valence-electron chi connectivity index (χ0n) is 16.9. The number of aliphatic imine (C=N–C) groups is 1. The van der Waals surface area contributed by atoms with Crippen LogP contribution in [0.1, 0.15) is 11.6 Å². The number of guanidine groups is 1. The molecule has 1 atom stereocenters. The molecule has 0 amide bonds. The van der Waals surface area contributed by atoms with E-state index in [9.17, 15) is 0 Å². The van der Waals surface area contributed by atoms with Crippen LogP contribution in [0.15, 0.2) is 70.6 Å². The summed E-state index contributed by atoms with van der Waals surface area (Å²) in [4.78, 5) is 8.17. The van der Waals surface area contributed by atoms with Crippen molar-refractivity contribution in [3.05, 3.63) is 66.2 Å². The van der Waals surface area contributed by atoms with Gasteiger partial charge in [0, 0.05) is 43.9 Å². The van der Waals surface area contributed by atoms with Gasteiger partial charge in [0.1, 0.15) is 0 Å². The van der Waals surface area contributed by atoms with E-state index in [1.165, 1.54) is 10.5 Å². The third kappa shape index (κ3) is 8.16. The third-order valence-corrected chi connectivity index (χ3v) is 5.78. The van der Waals surface area contributed by atoms with Crippen molar-refractivity contribution in [2.24, 2.45) is 4.99 Å². The zero-order valence-corrected chi connectivity index (χ0v) is 20.1. The average Bonchev–Trinajstić information content (AvgIpc) is 2.77. The Labute approximate surface area is 195 Å². The van der Waals surface area contributed by atoms with Crippen LogP contribution >= 0.6 is 35.7 Å². The molecule has 1 heterocycles. The number of ether oxygens (including phenoxy) is 1. The van der Waals surface area contributed by atoms with Crippen molar-refractivity contribution in [2.75, 3.05) is 52.2 Å². The topological polar surface area (TPSA) is 48.9 Å². The predicted octanol–water partition coefficient (Wildman–Crippen LogP) is 3.64. The van der Waals surface area contributed by atoms with E-state index >= 15 is 0 Å². The van der Waals surface area contributed by atoms with Gasteiger partial charge in [0.05, 0.1) is 19.3 Å². The fraction of sp³-hybridized carbons (Fsp3) is 0.409. The summed E-state index contributed by atoms with van der Waals surface area (Å²) in [6, 6.07) is 21.5. The predicted molar refractivity (Wildman–Crippen MR) is 134 cm³/mol. The molecule has 29 heavy (non-hydrogen) atoms. The van der Waals surface area contributed by atoms with Crippen molar-refractivity contribution in [3.63, 3.8) is 0 Å². The first kappa shape index (κ1) is 24.0. The molecule has 1 saturated heterocycles. The number of nitrogens with one attached hydrogen (secondary N) is 2. The van der Waals surface area contributed by atoms with E-state index in [0.717, 1.165) is 51.1 Å². The van der Waals surface area contributed by atoms with Crippen LogP contribution in [0.2, 0.25) is 0 Å². The van der Waals surface area contributed by atoms with Crippen LogP contribution in [-0.4, -0.2) is 63.1 Å². The molecular weight excluding hydrogens is 495 g/mol. The molecule has 1 aliphatic rings. The molecule has 0 aliphatic carbocycles. The maximum absolute atomic E-state index is 5.53. The molecule has 3 rings (SSSR count). The highest BCUT2D eigenvalue weighted by Gasteiger charge is 2.22. The first-order chi connectivity index (χ1) is 13.9. The lowest BCUT2D eigenvalue weighted by Gasteiger charge is -2.35. The number of rotatable bonds is 8. The van der Waals surface area contributed by atoms with Crippen molar-refractivity contribution in [3.8, 4) is 0 Å². The Hall–Kier alpha value is -1.29. The standard InChI is InChI=1S/C22H30N4OS.HI/c1-23-22(24-12-17-28-20-10-6-3-7-11-20)25-18-21(19-8-4-2-5-9-19)26-13-15-27-16-14-26;/h2-11,21H,12-18H2,1H3,(H2,23,24,25);1H. The summed E-state index contributed by atoms with van der Waals surface area (Å²) in [5.74, 6) is 1.85. The largest absolute Gasteiger partial charge is 0.379 e. The van der Waals surface area contributed by atoms with Gasteiger partial charge in [-0.25, -0.2) is 0 Å². The summed E-state index contributed by atoms with van der Waals surface area (Å²) < 4.78 is 5.53. The van der Waals surface area contributed by atoms with Crippen LogP contribution in [0.4, 0.5) is 0 Å². The quantitative estimate of drug-likeness (QED) is 0.181. The number of thioether (sulfide) groups is 1. The minimum Gasteiger partial charge on any atom is -0.379 e. The lowest BCUT2D eigenvalue weighted by atomic mass is 10.0. The number of nitrogens with zero attached hydrogens (tertiary/aromatic N) is 2. The van der Waals surface area contributed by atoms with Gasteiger partial charge in [-0.15, -0.1) is 35.7 Å². The molecule has 158 valence electrons. The molecule has 1 aliphatic heterocycles. The van der Waals surface area contributed by atoms with Gasteiger partial charge in [-0.05, 0) is 17.7 Å². The molecule has 0 aromatic heterocycles. The van der Waals surface area contributed by atoms with Crippen molar-refractivity contribution >= 4 is 41.7 Å². The van der Waals surface area contributed by atoms with E-state index in [0.29, 0.717) is 6.04 Å². The third-order valence-electron chi connectivity index (χ3n) is 4.76. The van der Waals surface area contributed by atoms with E-state index < -0.39 is 0 Å². The van der Waals surface area contributed by atoms with E-state index in [2.05, 4.69) is 75.1 Å². The summed E-state index contributed by atoms with van der Waals surface area (Å²) >= 11 is 1.85. The Morgan fingerprint density at radius 1 is 1.03 bits per heavy atom. The van der Waals surface area contributed by atoms with Gasteiger partial charge in [0.2, 0.25) is 0 Å². The highest BCUT2D eigenvalue weighted by atomic mass is 127. The number of hydrogen-bond donors (Lipinski definition) is 2. The van der Waals surface area contributed by atoms with E-state index in [1.807, 2.05) is 24.9 Å². The summed E-state index contributed by atoms with van der Waals surface area (Å²) in [6.07, 6.45) is 0. The van der Waals surface area contributed by atoms with Gasteiger partial charge in [-0.2, -0.15) is 0 Å². The van der Waals surface area contributed by atoms with Crippen LogP contribution in [0.3, 0.4) is 0 Å². The lowest BCUT2D eigenvalue weighted by Crippen LogP contribution is -2.46. The second-order valence-electron chi connectivity index (χ2n) is 6.62.